The average molecular weight is 281 g/mol. The van der Waals surface area contributed by atoms with Gasteiger partial charge in [0.05, 0.1) is 12.9 Å². The number of nitrogens with one attached hydrogen (secondary N) is 2. The Kier molecular flexibility index (Phi) is 8.54. The Bertz CT molecular complexity index is 361. The summed E-state index contributed by atoms with van der Waals surface area (Å²) in [6, 6.07) is 3.87. The molecule has 0 aliphatic heterocycles. The molecule has 0 saturated carbocycles. The number of hydrogen-bond acceptors (Lipinski definition) is 3. The van der Waals surface area contributed by atoms with E-state index in [0.717, 1.165) is 44.3 Å². The largest absolute Gasteiger partial charge is 0.469 e. The minimum absolute atomic E-state index is 0.694. The number of rotatable bonds is 9. The molecule has 1 aromatic heterocycles. The summed E-state index contributed by atoms with van der Waals surface area (Å²) >= 11 is 0. The third-order valence-electron chi connectivity index (χ3n) is 2.85. The van der Waals surface area contributed by atoms with Crippen LogP contribution in [0.5, 0.6) is 0 Å². The van der Waals surface area contributed by atoms with Crippen molar-refractivity contribution in [1.29, 1.82) is 0 Å². The lowest BCUT2D eigenvalue weighted by Crippen LogP contribution is -2.39. The molecule has 0 spiro atoms. The summed E-state index contributed by atoms with van der Waals surface area (Å²) in [6.45, 7) is 7.48. The van der Waals surface area contributed by atoms with Gasteiger partial charge in [-0.15, -0.1) is 0 Å². The number of guanidine groups is 1. The van der Waals surface area contributed by atoms with Crippen LogP contribution in [0.1, 0.15) is 26.0 Å². The summed E-state index contributed by atoms with van der Waals surface area (Å²) < 4.78 is 10.8. The smallest absolute Gasteiger partial charge is 0.191 e. The zero-order valence-electron chi connectivity index (χ0n) is 12.8. The van der Waals surface area contributed by atoms with Gasteiger partial charge in [-0.25, -0.2) is 0 Å². The van der Waals surface area contributed by atoms with E-state index in [2.05, 4.69) is 29.5 Å². The van der Waals surface area contributed by atoms with E-state index in [0.29, 0.717) is 12.5 Å². The van der Waals surface area contributed by atoms with Crippen LogP contribution in [-0.2, 0) is 11.2 Å². The first-order chi connectivity index (χ1) is 9.72. The maximum Gasteiger partial charge on any atom is 0.191 e. The highest BCUT2D eigenvalue weighted by Gasteiger charge is 1.99. The molecule has 0 bridgehead atoms. The molecule has 0 aromatic carbocycles. The van der Waals surface area contributed by atoms with Gasteiger partial charge in [-0.2, -0.15) is 0 Å². The van der Waals surface area contributed by atoms with Crippen LogP contribution in [-0.4, -0.2) is 39.3 Å². The maximum absolute atomic E-state index is 5.54. The quantitative estimate of drug-likeness (QED) is 0.413. The van der Waals surface area contributed by atoms with Crippen LogP contribution in [0.15, 0.2) is 27.8 Å². The summed E-state index contributed by atoms with van der Waals surface area (Å²) in [5.41, 5.74) is 0. The lowest BCUT2D eigenvalue weighted by atomic mass is 10.1. The van der Waals surface area contributed by atoms with Crippen molar-refractivity contribution in [3.63, 3.8) is 0 Å². The Hall–Kier alpha value is -1.49. The monoisotopic (exact) mass is 281 g/mol. The molecule has 1 heterocycles. The molecule has 0 aliphatic carbocycles. The molecular weight excluding hydrogens is 254 g/mol. The number of hydrogen-bond donors (Lipinski definition) is 2. The van der Waals surface area contributed by atoms with Gasteiger partial charge < -0.3 is 19.8 Å². The van der Waals surface area contributed by atoms with Gasteiger partial charge >= 0.3 is 0 Å². The standard InChI is InChI=1S/C15H27N3O2/c1-13(2)7-11-19-12-9-18-15(16-3)17-8-6-14-5-4-10-20-14/h4-5,10,13H,6-9,11-12H2,1-3H3,(H2,16,17,18). The van der Waals surface area contributed by atoms with E-state index in [4.69, 9.17) is 9.15 Å². The van der Waals surface area contributed by atoms with Crippen LogP contribution in [0.3, 0.4) is 0 Å². The van der Waals surface area contributed by atoms with E-state index in [-0.39, 0.29) is 0 Å². The van der Waals surface area contributed by atoms with Gasteiger partial charge in [-0.3, -0.25) is 4.99 Å². The van der Waals surface area contributed by atoms with Crippen molar-refractivity contribution >= 4 is 5.96 Å². The molecule has 0 radical (unpaired) electrons. The first-order valence-corrected chi connectivity index (χ1v) is 7.27. The fraction of sp³-hybridized carbons (Fsp3) is 0.667. The second kappa shape index (κ2) is 10.3. The fourth-order valence-corrected chi connectivity index (χ4v) is 1.64. The molecule has 2 N–H and O–H groups in total. The van der Waals surface area contributed by atoms with Crippen LogP contribution in [0.4, 0.5) is 0 Å². The second-order valence-corrected chi connectivity index (χ2v) is 5.05. The van der Waals surface area contributed by atoms with Gasteiger partial charge in [0.25, 0.3) is 0 Å². The Labute approximate surface area is 121 Å². The van der Waals surface area contributed by atoms with Crippen molar-refractivity contribution < 1.29 is 9.15 Å². The van der Waals surface area contributed by atoms with E-state index in [1.54, 1.807) is 13.3 Å². The van der Waals surface area contributed by atoms with Crippen molar-refractivity contribution in [3.8, 4) is 0 Å². The topological polar surface area (TPSA) is 58.8 Å². The molecule has 0 saturated heterocycles. The lowest BCUT2D eigenvalue weighted by Gasteiger charge is -2.12. The van der Waals surface area contributed by atoms with E-state index < -0.39 is 0 Å². The highest BCUT2D eigenvalue weighted by molar-refractivity contribution is 5.79. The van der Waals surface area contributed by atoms with Crippen molar-refractivity contribution in [3.05, 3.63) is 24.2 Å². The molecule has 1 aromatic rings. The molecule has 5 nitrogen and oxygen atoms in total. The minimum Gasteiger partial charge on any atom is -0.469 e. The highest BCUT2D eigenvalue weighted by Crippen LogP contribution is 1.99. The van der Waals surface area contributed by atoms with Crippen LogP contribution in [0.2, 0.25) is 0 Å². The molecule has 0 amide bonds. The normalized spacial score (nSPS) is 11.9. The predicted molar refractivity (Wildman–Crippen MR) is 82.1 cm³/mol. The van der Waals surface area contributed by atoms with Gasteiger partial charge in [0.2, 0.25) is 0 Å². The molecule has 0 atom stereocenters. The molecule has 0 aliphatic rings. The predicted octanol–water partition coefficient (Wildman–Crippen LogP) is 2.05. The summed E-state index contributed by atoms with van der Waals surface area (Å²) in [4.78, 5) is 4.16. The lowest BCUT2D eigenvalue weighted by molar-refractivity contribution is 0.128. The summed E-state index contributed by atoms with van der Waals surface area (Å²) in [5, 5.41) is 6.46. The number of aliphatic imine (C=N–C) groups is 1. The Morgan fingerprint density at radius 3 is 2.75 bits per heavy atom. The van der Waals surface area contributed by atoms with Gasteiger partial charge in [-0.05, 0) is 24.5 Å². The van der Waals surface area contributed by atoms with Gasteiger partial charge in [-0.1, -0.05) is 13.8 Å². The maximum atomic E-state index is 5.54. The van der Waals surface area contributed by atoms with Gasteiger partial charge in [0.15, 0.2) is 5.96 Å². The summed E-state index contributed by atoms with van der Waals surface area (Å²) in [5.74, 6) is 2.47. The Balaban J connectivity index is 2.02. The molecule has 0 unspecified atom stereocenters. The zero-order valence-corrected chi connectivity index (χ0v) is 12.8. The van der Waals surface area contributed by atoms with Crippen LogP contribution in [0, 0.1) is 5.92 Å². The third-order valence-corrected chi connectivity index (χ3v) is 2.85. The molecule has 0 fully saturated rings. The molecule has 5 heteroatoms. The molecular formula is C15H27N3O2. The second-order valence-electron chi connectivity index (χ2n) is 5.05. The summed E-state index contributed by atoms with van der Waals surface area (Å²) in [7, 11) is 1.77. The van der Waals surface area contributed by atoms with Gasteiger partial charge in [0.1, 0.15) is 5.76 Å². The number of nitrogens with zero attached hydrogens (tertiary/aromatic N) is 1. The van der Waals surface area contributed by atoms with E-state index >= 15 is 0 Å². The van der Waals surface area contributed by atoms with E-state index in [9.17, 15) is 0 Å². The first kappa shape index (κ1) is 16.6. The average Bonchev–Trinajstić information content (AvgIpc) is 2.93. The van der Waals surface area contributed by atoms with Gasteiger partial charge in [0, 0.05) is 33.2 Å². The fourth-order valence-electron chi connectivity index (χ4n) is 1.64. The third kappa shape index (κ3) is 7.84. The Morgan fingerprint density at radius 2 is 2.10 bits per heavy atom. The van der Waals surface area contributed by atoms with E-state index in [1.165, 1.54) is 0 Å². The van der Waals surface area contributed by atoms with Crippen LogP contribution in [0.25, 0.3) is 0 Å². The minimum atomic E-state index is 0.694. The van der Waals surface area contributed by atoms with Crippen molar-refractivity contribution in [2.75, 3.05) is 33.4 Å². The van der Waals surface area contributed by atoms with Crippen LogP contribution < -0.4 is 10.6 Å². The molecule has 1 rings (SSSR count). The first-order valence-electron chi connectivity index (χ1n) is 7.27. The highest BCUT2D eigenvalue weighted by atomic mass is 16.5. The van der Waals surface area contributed by atoms with Crippen LogP contribution >= 0.6 is 0 Å². The number of ether oxygens (including phenoxy) is 1. The van der Waals surface area contributed by atoms with E-state index in [1.807, 2.05) is 12.1 Å². The number of furan rings is 1. The SMILES string of the molecule is CN=C(NCCOCCC(C)C)NCCc1ccco1. The Morgan fingerprint density at radius 1 is 1.30 bits per heavy atom. The van der Waals surface area contributed by atoms with Crippen molar-refractivity contribution in [2.24, 2.45) is 10.9 Å². The van der Waals surface area contributed by atoms with Crippen molar-refractivity contribution in [1.82, 2.24) is 10.6 Å². The van der Waals surface area contributed by atoms with Crippen molar-refractivity contribution in [2.45, 2.75) is 26.7 Å². The molecule has 114 valence electrons. The summed E-state index contributed by atoms with van der Waals surface area (Å²) in [6.07, 6.45) is 3.64. The zero-order chi connectivity index (χ0) is 14.6. The molecule has 20 heavy (non-hydrogen) atoms.